The second-order valence-electron chi connectivity index (χ2n) is 11.3. The van der Waals surface area contributed by atoms with Crippen LogP contribution in [0.4, 0.5) is 20.3 Å². The van der Waals surface area contributed by atoms with E-state index >= 15 is 0 Å². The summed E-state index contributed by atoms with van der Waals surface area (Å²) in [4.78, 5) is 43.0. The van der Waals surface area contributed by atoms with E-state index in [0.29, 0.717) is 85.9 Å². The molecule has 3 aliphatic rings. The maximum Gasteiger partial charge on any atom is 0.305 e. The van der Waals surface area contributed by atoms with Crippen molar-refractivity contribution in [1.29, 1.82) is 0 Å². The number of allylic oxidation sites excluding steroid dienone is 1. The number of hydrogen-bond donors (Lipinski definition) is 3. The number of piperazine rings is 1. The Bertz CT molecular complexity index is 1640. The van der Waals surface area contributed by atoms with Crippen LogP contribution in [-0.2, 0) is 11.2 Å². The first kappa shape index (κ1) is 33.2. The molecule has 11 nitrogen and oxygen atoms in total. The number of halogens is 2. The fourth-order valence-corrected chi connectivity index (χ4v) is 6.10. The number of hydrogen-bond acceptors (Lipinski definition) is 8. The van der Waals surface area contributed by atoms with E-state index in [1.54, 1.807) is 44.8 Å². The summed E-state index contributed by atoms with van der Waals surface area (Å²) in [5.74, 6) is 2.10. The fraction of sp³-hybridized carbons (Fsp3) is 0.469. The Hall–Kier alpha value is -4.17. The Balaban J connectivity index is 0.00000204. The third-order valence-corrected chi connectivity index (χ3v) is 8.53. The minimum Gasteiger partial charge on any atom is -0.392 e. The molecule has 46 heavy (non-hydrogen) atoms. The molecule has 0 aliphatic carbocycles. The van der Waals surface area contributed by atoms with Gasteiger partial charge in [0.1, 0.15) is 0 Å². The van der Waals surface area contributed by atoms with E-state index < -0.39 is 12.5 Å². The number of β-amino-alcohol motifs (C(OH)–C–C–N with tert-alkyl or cyclic N) is 1. The maximum absolute atomic E-state index is 13.8. The highest BCUT2D eigenvalue weighted by Crippen LogP contribution is 2.30. The van der Waals surface area contributed by atoms with Crippen molar-refractivity contribution in [2.24, 2.45) is 4.90 Å². The number of aromatic nitrogens is 3. The van der Waals surface area contributed by atoms with E-state index in [4.69, 9.17) is 0 Å². The van der Waals surface area contributed by atoms with Crippen LogP contribution in [-0.4, -0.2) is 105 Å². The van der Waals surface area contributed by atoms with Gasteiger partial charge in [0, 0.05) is 61.9 Å². The summed E-state index contributed by atoms with van der Waals surface area (Å²) in [5, 5.41) is 16.1. The third-order valence-electron chi connectivity index (χ3n) is 8.53. The topological polar surface area (TPSA) is 127 Å². The van der Waals surface area contributed by atoms with Gasteiger partial charge in [0.25, 0.3) is 12.3 Å². The van der Waals surface area contributed by atoms with Crippen molar-refractivity contribution < 1.29 is 23.5 Å². The number of anilines is 2. The van der Waals surface area contributed by atoms with Crippen molar-refractivity contribution in [2.75, 3.05) is 38.0 Å². The second kappa shape index (κ2) is 14.5. The summed E-state index contributed by atoms with van der Waals surface area (Å²) >= 11 is 0. The lowest BCUT2D eigenvalue weighted by Gasteiger charge is -2.36. The molecule has 0 bridgehead atoms. The van der Waals surface area contributed by atoms with Gasteiger partial charge in [-0.1, -0.05) is 40.0 Å². The molecule has 2 fully saturated rings. The number of rotatable bonds is 8. The molecule has 2 unspecified atom stereocenters. The average Bonchev–Trinajstić information content (AvgIpc) is 3.83. The minimum absolute atomic E-state index is 0.0285. The van der Waals surface area contributed by atoms with Gasteiger partial charge in [-0.05, 0) is 36.6 Å². The molecule has 3 aliphatic heterocycles. The first-order valence-electron chi connectivity index (χ1n) is 16.1. The molecule has 2 saturated heterocycles. The standard InChI is InChI=1S/C30H35BF2N8O3.C2H6/c1-3-18-13-19(5-6-21(18)29(43)39-9-11-40(12-10-39)30(44)23-14-20(42)16-35-23)37-27-28-36-17-24(41(28)8-7-34-27)22-15-31(4-2)38-25(22)26(32)33;1-2/h5-8,13,15,17,20,23,26,35,42H,3-4,9-12,14,16H2,1-2H3,(H,34,37);1-2H3. The molecule has 5 heterocycles. The Morgan fingerprint density at radius 1 is 1.13 bits per heavy atom. The van der Waals surface area contributed by atoms with E-state index in [2.05, 4.69) is 25.5 Å². The number of carbonyl (C=O) groups excluding carboxylic acids is 2. The second-order valence-corrected chi connectivity index (χ2v) is 11.3. The monoisotopic (exact) mass is 634 g/mol. The highest BCUT2D eigenvalue weighted by atomic mass is 19.3. The molecule has 3 aromatic rings. The molecule has 14 heteroatoms. The van der Waals surface area contributed by atoms with E-state index in [1.807, 2.05) is 39.8 Å². The smallest absolute Gasteiger partial charge is 0.305 e. The molecule has 3 N–H and O–H groups in total. The number of aliphatic hydroxyl groups excluding tert-OH is 1. The third kappa shape index (κ3) is 6.68. The Kier molecular flexibility index (Phi) is 10.5. The summed E-state index contributed by atoms with van der Waals surface area (Å²) in [6.07, 6.45) is 3.30. The predicted octanol–water partition coefficient (Wildman–Crippen LogP) is 3.72. The molecule has 244 valence electrons. The van der Waals surface area contributed by atoms with Gasteiger partial charge < -0.3 is 30.4 Å². The van der Waals surface area contributed by atoms with Crippen LogP contribution in [0.2, 0.25) is 6.32 Å². The van der Waals surface area contributed by atoms with E-state index in [9.17, 15) is 23.5 Å². The summed E-state index contributed by atoms with van der Waals surface area (Å²) in [7, 11) is 0. The van der Waals surface area contributed by atoms with Crippen LogP contribution >= 0.6 is 0 Å². The van der Waals surface area contributed by atoms with Crippen LogP contribution in [0, 0.1) is 0 Å². The van der Waals surface area contributed by atoms with Gasteiger partial charge in [-0.2, -0.15) is 0 Å². The first-order valence-corrected chi connectivity index (χ1v) is 16.1. The van der Waals surface area contributed by atoms with Crippen molar-refractivity contribution in [1.82, 2.24) is 29.5 Å². The predicted molar refractivity (Wildman–Crippen MR) is 176 cm³/mol. The quantitative estimate of drug-likeness (QED) is 0.323. The molecule has 2 atom stereocenters. The number of alkyl halides is 2. The molecule has 0 radical (unpaired) electrons. The number of aliphatic hydroxyl groups is 1. The number of nitrogens with one attached hydrogen (secondary N) is 2. The SMILES string of the molecule is CC.CCB1C=C(c2cnc3c(Nc4ccc(C(=O)N5CCN(C(=O)C6CC(O)CN6)CC5)c(CC)c4)nccn23)C(C(F)F)=N1. The maximum atomic E-state index is 13.8. The van der Waals surface area contributed by atoms with Gasteiger partial charge in [0.05, 0.1) is 29.7 Å². The van der Waals surface area contributed by atoms with Crippen LogP contribution in [0.15, 0.2) is 47.7 Å². The van der Waals surface area contributed by atoms with Crippen molar-refractivity contribution in [3.05, 3.63) is 59.6 Å². The molecule has 2 aromatic heterocycles. The van der Waals surface area contributed by atoms with Gasteiger partial charge in [-0.25, -0.2) is 18.7 Å². The number of nitrogens with zero attached hydrogens (tertiary/aromatic N) is 6. The van der Waals surface area contributed by atoms with Gasteiger partial charge in [-0.3, -0.25) is 14.0 Å². The number of amides is 2. The van der Waals surface area contributed by atoms with E-state index in [1.165, 1.54) is 0 Å². The summed E-state index contributed by atoms with van der Waals surface area (Å²) in [6, 6.07) is 5.14. The molecule has 1 aromatic carbocycles. The number of imidazole rings is 1. The van der Waals surface area contributed by atoms with Crippen LogP contribution in [0.1, 0.15) is 55.7 Å². The van der Waals surface area contributed by atoms with Crippen molar-refractivity contribution >= 4 is 47.1 Å². The average molecular weight is 635 g/mol. The molecular weight excluding hydrogens is 593 g/mol. The molecule has 0 saturated carbocycles. The fourth-order valence-electron chi connectivity index (χ4n) is 6.10. The lowest BCUT2D eigenvalue weighted by molar-refractivity contribution is -0.134. The number of benzene rings is 1. The zero-order chi connectivity index (χ0) is 33.0. The molecular formula is C32H41BF2N8O3. The Morgan fingerprint density at radius 2 is 1.87 bits per heavy atom. The Labute approximate surface area is 267 Å². The van der Waals surface area contributed by atoms with Crippen molar-refractivity contribution in [2.45, 2.75) is 65.4 Å². The summed E-state index contributed by atoms with van der Waals surface area (Å²) in [6.45, 7) is 9.79. The Morgan fingerprint density at radius 3 is 2.52 bits per heavy atom. The van der Waals surface area contributed by atoms with Gasteiger partial charge in [-0.15, -0.1) is 0 Å². The lowest BCUT2D eigenvalue weighted by atomic mass is 9.61. The van der Waals surface area contributed by atoms with Gasteiger partial charge >= 0.3 is 6.85 Å². The van der Waals surface area contributed by atoms with E-state index in [0.717, 1.165) is 5.56 Å². The zero-order valence-corrected chi connectivity index (χ0v) is 26.7. The molecule has 0 spiro atoms. The summed E-state index contributed by atoms with van der Waals surface area (Å²) < 4.78 is 29.3. The van der Waals surface area contributed by atoms with Crippen molar-refractivity contribution in [3.8, 4) is 0 Å². The highest BCUT2D eigenvalue weighted by molar-refractivity contribution is 6.70. The van der Waals surface area contributed by atoms with Crippen molar-refractivity contribution in [3.63, 3.8) is 0 Å². The van der Waals surface area contributed by atoms with E-state index in [-0.39, 0.29) is 30.4 Å². The van der Waals surface area contributed by atoms with Crippen LogP contribution in [0.25, 0.3) is 11.2 Å². The number of carbonyl (C=O) groups is 2. The summed E-state index contributed by atoms with van der Waals surface area (Å²) in [5.41, 5.74) is 3.33. The number of aryl methyl sites for hydroxylation is 1. The largest absolute Gasteiger partial charge is 0.392 e. The number of fused-ring (bicyclic) bond motifs is 1. The first-order chi connectivity index (χ1) is 22.3. The van der Waals surface area contributed by atoms with Gasteiger partial charge in [0.2, 0.25) is 5.91 Å². The van der Waals surface area contributed by atoms with Crippen LogP contribution in [0.3, 0.4) is 0 Å². The molecule has 6 rings (SSSR count). The lowest BCUT2D eigenvalue weighted by Crippen LogP contribution is -2.54. The van der Waals surface area contributed by atoms with Gasteiger partial charge in [0.15, 0.2) is 11.5 Å². The van der Waals surface area contributed by atoms with Crippen LogP contribution < -0.4 is 10.6 Å². The minimum atomic E-state index is -2.69. The van der Waals surface area contributed by atoms with Crippen LogP contribution in [0.5, 0.6) is 0 Å². The molecule has 2 amide bonds. The normalized spacial score (nSPS) is 19.7. The highest BCUT2D eigenvalue weighted by Gasteiger charge is 2.34. The zero-order valence-electron chi connectivity index (χ0n) is 26.7.